The number of hydrogen-bond donors (Lipinski definition) is 2. The van der Waals surface area contributed by atoms with E-state index in [2.05, 4.69) is 5.32 Å². The minimum absolute atomic E-state index is 0.242. The van der Waals surface area contributed by atoms with Gasteiger partial charge in [-0.25, -0.2) is 9.18 Å². The fourth-order valence-electron chi connectivity index (χ4n) is 2.34. The first-order valence-corrected chi connectivity index (χ1v) is 7.49. The first-order valence-electron chi connectivity index (χ1n) is 7.49. The summed E-state index contributed by atoms with van der Waals surface area (Å²) in [4.78, 5) is 10.9. The van der Waals surface area contributed by atoms with Crippen LogP contribution in [-0.2, 0) is 13.1 Å². The summed E-state index contributed by atoms with van der Waals surface area (Å²) in [6.45, 7) is 1.16. The lowest BCUT2D eigenvalue weighted by atomic mass is 10.1. The van der Waals surface area contributed by atoms with Crippen molar-refractivity contribution in [2.45, 2.75) is 13.1 Å². The first-order chi connectivity index (χ1) is 11.6. The van der Waals surface area contributed by atoms with Gasteiger partial charge in [0.2, 0.25) is 0 Å². The minimum atomic E-state index is -0.952. The number of carboxylic acid groups (broad SMARTS) is 1. The van der Waals surface area contributed by atoms with E-state index in [0.29, 0.717) is 18.8 Å². The summed E-state index contributed by atoms with van der Waals surface area (Å²) in [5.41, 5.74) is 2.06. The summed E-state index contributed by atoms with van der Waals surface area (Å²) < 4.78 is 18.6. The van der Waals surface area contributed by atoms with Crippen LogP contribution in [0.15, 0.2) is 65.1 Å². The van der Waals surface area contributed by atoms with Crippen molar-refractivity contribution in [3.8, 4) is 11.3 Å². The summed E-state index contributed by atoms with van der Waals surface area (Å²) in [7, 11) is 0. The van der Waals surface area contributed by atoms with E-state index in [1.165, 1.54) is 12.1 Å². The average molecular weight is 325 g/mol. The fraction of sp³-hybridized carbons (Fsp3) is 0.105. The Labute approximate surface area is 138 Å². The summed E-state index contributed by atoms with van der Waals surface area (Å²) in [6.07, 6.45) is 0. The van der Waals surface area contributed by atoms with Gasteiger partial charge in [-0.3, -0.25) is 0 Å². The molecule has 122 valence electrons. The largest absolute Gasteiger partial charge is 0.478 e. The zero-order chi connectivity index (χ0) is 16.9. The molecule has 0 bridgehead atoms. The molecule has 3 rings (SSSR count). The maximum atomic E-state index is 12.8. The zero-order valence-electron chi connectivity index (χ0n) is 12.8. The molecule has 0 aliphatic carbocycles. The van der Waals surface area contributed by atoms with Crippen LogP contribution in [0.3, 0.4) is 0 Å². The standard InChI is InChI=1S/C19H16FNO3/c20-16-7-1-13(2-8-16)11-21-12-17-9-10-18(24-17)14-3-5-15(6-4-14)19(22)23/h1-10,21H,11-12H2,(H,22,23). The summed E-state index contributed by atoms with van der Waals surface area (Å²) in [5, 5.41) is 12.1. The molecule has 0 amide bonds. The minimum Gasteiger partial charge on any atom is -0.478 e. The normalized spacial score (nSPS) is 10.7. The highest BCUT2D eigenvalue weighted by Gasteiger charge is 2.07. The van der Waals surface area contributed by atoms with Gasteiger partial charge in [-0.2, -0.15) is 0 Å². The van der Waals surface area contributed by atoms with Gasteiger partial charge in [-0.15, -0.1) is 0 Å². The SMILES string of the molecule is O=C(O)c1ccc(-c2ccc(CNCc3ccc(F)cc3)o2)cc1. The molecule has 1 aromatic heterocycles. The predicted octanol–water partition coefficient (Wildman–Crippen LogP) is 4.07. The lowest BCUT2D eigenvalue weighted by Gasteiger charge is -2.03. The Balaban J connectivity index is 1.59. The summed E-state index contributed by atoms with van der Waals surface area (Å²) >= 11 is 0. The molecule has 0 aliphatic rings. The van der Waals surface area contributed by atoms with Crippen molar-refractivity contribution in [3.05, 3.63) is 83.4 Å². The van der Waals surface area contributed by atoms with Crippen molar-refractivity contribution < 1.29 is 18.7 Å². The topological polar surface area (TPSA) is 62.5 Å². The Bertz CT molecular complexity index is 823. The Morgan fingerprint density at radius 2 is 1.67 bits per heavy atom. The second-order valence-electron chi connectivity index (χ2n) is 5.38. The molecule has 0 saturated carbocycles. The number of rotatable bonds is 6. The average Bonchev–Trinajstić information content (AvgIpc) is 3.06. The van der Waals surface area contributed by atoms with E-state index in [-0.39, 0.29) is 11.4 Å². The van der Waals surface area contributed by atoms with Crippen LogP contribution in [0.4, 0.5) is 4.39 Å². The van der Waals surface area contributed by atoms with Crippen LogP contribution >= 0.6 is 0 Å². The lowest BCUT2D eigenvalue weighted by molar-refractivity contribution is 0.0697. The van der Waals surface area contributed by atoms with Crippen molar-refractivity contribution in [2.75, 3.05) is 0 Å². The summed E-state index contributed by atoms with van der Waals surface area (Å²) in [5.74, 6) is 0.259. The molecule has 0 fully saturated rings. The van der Waals surface area contributed by atoms with Gasteiger partial charge in [0.15, 0.2) is 0 Å². The number of carboxylic acids is 1. The Morgan fingerprint density at radius 3 is 2.33 bits per heavy atom. The quantitative estimate of drug-likeness (QED) is 0.717. The van der Waals surface area contributed by atoms with E-state index in [4.69, 9.17) is 9.52 Å². The molecular formula is C19H16FNO3. The molecule has 0 spiro atoms. The molecule has 0 saturated heterocycles. The number of benzene rings is 2. The highest BCUT2D eigenvalue weighted by atomic mass is 19.1. The van der Waals surface area contributed by atoms with Crippen LogP contribution in [-0.4, -0.2) is 11.1 Å². The van der Waals surface area contributed by atoms with E-state index >= 15 is 0 Å². The smallest absolute Gasteiger partial charge is 0.335 e. The molecule has 4 nitrogen and oxygen atoms in total. The van der Waals surface area contributed by atoms with Crippen molar-refractivity contribution in [2.24, 2.45) is 0 Å². The van der Waals surface area contributed by atoms with Gasteiger partial charge in [0.05, 0.1) is 12.1 Å². The Morgan fingerprint density at radius 1 is 0.958 bits per heavy atom. The summed E-state index contributed by atoms with van der Waals surface area (Å²) in [6, 6.07) is 16.6. The molecule has 0 aliphatic heterocycles. The van der Waals surface area contributed by atoms with Gasteiger partial charge >= 0.3 is 5.97 Å². The van der Waals surface area contributed by atoms with Crippen molar-refractivity contribution >= 4 is 5.97 Å². The van der Waals surface area contributed by atoms with Crippen LogP contribution in [0.25, 0.3) is 11.3 Å². The van der Waals surface area contributed by atoms with Crippen LogP contribution in [0, 0.1) is 5.82 Å². The van der Waals surface area contributed by atoms with Crippen LogP contribution in [0.1, 0.15) is 21.7 Å². The van der Waals surface area contributed by atoms with E-state index in [1.54, 1.807) is 36.4 Å². The van der Waals surface area contributed by atoms with Crippen LogP contribution < -0.4 is 5.32 Å². The number of aromatic carboxylic acids is 1. The number of halogens is 1. The molecule has 5 heteroatoms. The second kappa shape index (κ2) is 7.10. The predicted molar refractivity (Wildman–Crippen MR) is 88.0 cm³/mol. The molecule has 0 atom stereocenters. The van der Waals surface area contributed by atoms with E-state index in [0.717, 1.165) is 16.9 Å². The van der Waals surface area contributed by atoms with Gasteiger partial charge in [0, 0.05) is 12.1 Å². The highest BCUT2D eigenvalue weighted by molar-refractivity contribution is 5.88. The van der Waals surface area contributed by atoms with Gasteiger partial charge in [0.1, 0.15) is 17.3 Å². The van der Waals surface area contributed by atoms with Crippen LogP contribution in [0.2, 0.25) is 0 Å². The van der Waals surface area contributed by atoms with E-state index in [9.17, 15) is 9.18 Å². The van der Waals surface area contributed by atoms with E-state index < -0.39 is 5.97 Å². The molecule has 0 unspecified atom stereocenters. The fourth-order valence-corrected chi connectivity index (χ4v) is 2.34. The third-order valence-electron chi connectivity index (χ3n) is 3.62. The third-order valence-corrected chi connectivity index (χ3v) is 3.62. The van der Waals surface area contributed by atoms with Gasteiger partial charge in [-0.1, -0.05) is 24.3 Å². The maximum Gasteiger partial charge on any atom is 0.335 e. The second-order valence-corrected chi connectivity index (χ2v) is 5.38. The number of carbonyl (C=O) groups is 1. The van der Waals surface area contributed by atoms with E-state index in [1.807, 2.05) is 12.1 Å². The zero-order valence-corrected chi connectivity index (χ0v) is 12.8. The van der Waals surface area contributed by atoms with Crippen molar-refractivity contribution in [1.82, 2.24) is 5.32 Å². The first kappa shape index (κ1) is 16.0. The molecular weight excluding hydrogens is 309 g/mol. The Kier molecular flexibility index (Phi) is 4.72. The van der Waals surface area contributed by atoms with Crippen molar-refractivity contribution in [3.63, 3.8) is 0 Å². The molecule has 2 N–H and O–H groups in total. The number of furan rings is 1. The molecule has 1 heterocycles. The van der Waals surface area contributed by atoms with Gasteiger partial charge in [-0.05, 0) is 42.0 Å². The number of hydrogen-bond acceptors (Lipinski definition) is 3. The molecule has 0 radical (unpaired) electrons. The van der Waals surface area contributed by atoms with Crippen molar-refractivity contribution in [1.29, 1.82) is 0 Å². The van der Waals surface area contributed by atoms with Crippen LogP contribution in [0.5, 0.6) is 0 Å². The lowest BCUT2D eigenvalue weighted by Crippen LogP contribution is -2.11. The highest BCUT2D eigenvalue weighted by Crippen LogP contribution is 2.22. The van der Waals surface area contributed by atoms with Gasteiger partial charge in [0.25, 0.3) is 0 Å². The van der Waals surface area contributed by atoms with Gasteiger partial charge < -0.3 is 14.8 Å². The Hall–Kier alpha value is -2.92. The molecule has 3 aromatic rings. The molecule has 2 aromatic carbocycles. The monoisotopic (exact) mass is 325 g/mol. The third kappa shape index (κ3) is 3.88. The maximum absolute atomic E-state index is 12.8. The number of nitrogens with one attached hydrogen (secondary N) is 1. The molecule has 24 heavy (non-hydrogen) atoms.